The number of methoxy groups -OCH3 is 1. The number of hydrogen-bond donors (Lipinski definition) is 0. The molecule has 0 bridgehead atoms. The van der Waals surface area contributed by atoms with Crippen molar-refractivity contribution in [1.29, 1.82) is 0 Å². The molecule has 2 rings (SSSR count). The molecule has 2 aromatic rings. The highest BCUT2D eigenvalue weighted by atomic mass is 16.6. The van der Waals surface area contributed by atoms with Crippen molar-refractivity contribution < 1.29 is 19.1 Å². The molecule has 0 aliphatic carbocycles. The zero-order valence-corrected chi connectivity index (χ0v) is 14.0. The molecule has 0 N–H and O–H groups in total. The van der Waals surface area contributed by atoms with Crippen LogP contribution in [0.1, 0.15) is 29.8 Å². The fourth-order valence-electron chi connectivity index (χ4n) is 2.15. The normalized spacial score (nSPS) is 11.3. The fraction of sp³-hybridized carbons (Fsp3) is 0.200. The quantitative estimate of drug-likeness (QED) is 0.459. The molecule has 0 atom stereocenters. The Hall–Kier alpha value is -2.88. The molecule has 4 nitrogen and oxygen atoms in total. The molecule has 0 saturated carbocycles. The molecule has 0 unspecified atom stereocenters. The van der Waals surface area contributed by atoms with Gasteiger partial charge in [-0.05, 0) is 37.6 Å². The molecule has 0 aliphatic heterocycles. The van der Waals surface area contributed by atoms with Crippen molar-refractivity contribution in [2.75, 3.05) is 7.11 Å². The van der Waals surface area contributed by atoms with Crippen LogP contribution in [0.3, 0.4) is 0 Å². The number of ketones is 1. The molecular formula is C20H20O4. The van der Waals surface area contributed by atoms with Gasteiger partial charge in [0.15, 0.2) is 5.60 Å². The van der Waals surface area contributed by atoms with E-state index in [-0.39, 0.29) is 5.78 Å². The smallest absolute Gasteiger partial charge is 0.331 e. The number of esters is 1. The minimum atomic E-state index is -1.23. The Bertz CT molecular complexity index is 728. The van der Waals surface area contributed by atoms with Gasteiger partial charge in [-0.25, -0.2) is 4.79 Å². The molecule has 0 radical (unpaired) electrons. The first-order valence-electron chi connectivity index (χ1n) is 7.57. The number of benzene rings is 2. The van der Waals surface area contributed by atoms with E-state index in [1.54, 1.807) is 63.4 Å². The molecule has 24 heavy (non-hydrogen) atoms. The van der Waals surface area contributed by atoms with E-state index >= 15 is 0 Å². The van der Waals surface area contributed by atoms with E-state index in [9.17, 15) is 9.59 Å². The van der Waals surface area contributed by atoms with Crippen molar-refractivity contribution in [1.82, 2.24) is 0 Å². The van der Waals surface area contributed by atoms with Crippen LogP contribution in [0.4, 0.5) is 0 Å². The van der Waals surface area contributed by atoms with E-state index in [0.29, 0.717) is 5.56 Å². The molecular weight excluding hydrogens is 304 g/mol. The number of carbonyl (C=O) groups is 2. The van der Waals surface area contributed by atoms with Gasteiger partial charge in [0.2, 0.25) is 5.78 Å². The topological polar surface area (TPSA) is 52.6 Å². The van der Waals surface area contributed by atoms with Crippen LogP contribution in [0.15, 0.2) is 60.7 Å². The van der Waals surface area contributed by atoms with Crippen molar-refractivity contribution in [2.24, 2.45) is 0 Å². The third-order valence-electron chi connectivity index (χ3n) is 3.47. The maximum atomic E-state index is 12.4. The lowest BCUT2D eigenvalue weighted by Gasteiger charge is -2.22. The first-order valence-corrected chi connectivity index (χ1v) is 7.57. The zero-order valence-electron chi connectivity index (χ0n) is 14.0. The first-order chi connectivity index (χ1) is 11.4. The van der Waals surface area contributed by atoms with E-state index < -0.39 is 11.6 Å². The van der Waals surface area contributed by atoms with E-state index in [2.05, 4.69) is 0 Å². The fourth-order valence-corrected chi connectivity index (χ4v) is 2.15. The zero-order chi connectivity index (χ0) is 17.6. The molecule has 2 aromatic carbocycles. The highest BCUT2D eigenvalue weighted by Gasteiger charge is 2.32. The molecule has 0 heterocycles. The maximum absolute atomic E-state index is 12.4. The van der Waals surface area contributed by atoms with Gasteiger partial charge in [0.1, 0.15) is 5.75 Å². The predicted octanol–water partition coefficient (Wildman–Crippen LogP) is 3.91. The van der Waals surface area contributed by atoms with E-state index in [1.807, 2.05) is 18.2 Å². The lowest BCUT2D eigenvalue weighted by molar-refractivity contribution is -0.146. The van der Waals surface area contributed by atoms with Crippen molar-refractivity contribution in [3.63, 3.8) is 0 Å². The summed E-state index contributed by atoms with van der Waals surface area (Å²) in [7, 11) is 1.59. The Morgan fingerprint density at radius 3 is 2.17 bits per heavy atom. The van der Waals surface area contributed by atoms with Crippen LogP contribution in [-0.4, -0.2) is 24.5 Å². The minimum absolute atomic E-state index is 0.241. The Morgan fingerprint density at radius 1 is 0.958 bits per heavy atom. The summed E-state index contributed by atoms with van der Waals surface area (Å²) in [5.74, 6) is -0.0706. The van der Waals surface area contributed by atoms with Crippen LogP contribution in [0.2, 0.25) is 0 Å². The maximum Gasteiger partial charge on any atom is 0.331 e. The summed E-state index contributed by atoms with van der Waals surface area (Å²) in [5.41, 5.74) is 0.109. The Labute approximate surface area is 141 Å². The first kappa shape index (κ1) is 17.5. The van der Waals surface area contributed by atoms with Crippen LogP contribution >= 0.6 is 0 Å². The van der Waals surface area contributed by atoms with Crippen molar-refractivity contribution in [3.05, 3.63) is 71.8 Å². The Kier molecular flexibility index (Phi) is 5.53. The van der Waals surface area contributed by atoms with E-state index in [4.69, 9.17) is 9.47 Å². The summed E-state index contributed by atoms with van der Waals surface area (Å²) in [6, 6.07) is 16.0. The van der Waals surface area contributed by atoms with Gasteiger partial charge in [0.25, 0.3) is 0 Å². The number of hydrogen-bond acceptors (Lipinski definition) is 4. The monoisotopic (exact) mass is 324 g/mol. The number of ether oxygens (including phenoxy) is 2. The molecule has 0 aromatic heterocycles. The van der Waals surface area contributed by atoms with Gasteiger partial charge in [0, 0.05) is 11.6 Å². The van der Waals surface area contributed by atoms with E-state index in [1.165, 1.54) is 6.08 Å². The van der Waals surface area contributed by atoms with Crippen LogP contribution in [0.5, 0.6) is 5.75 Å². The third kappa shape index (κ3) is 4.56. The standard InChI is InChI=1S/C20H20O4/c1-20(2,19(22)16-7-5-4-6-8-16)24-18(21)14-11-15-9-12-17(23-3)13-10-15/h4-14H,1-3H3/b14-11+. The van der Waals surface area contributed by atoms with Crippen molar-refractivity contribution in [3.8, 4) is 5.75 Å². The molecule has 0 fully saturated rings. The molecule has 124 valence electrons. The van der Waals surface area contributed by atoms with Crippen LogP contribution in [0, 0.1) is 0 Å². The van der Waals surface area contributed by atoms with Crippen LogP contribution in [-0.2, 0) is 9.53 Å². The van der Waals surface area contributed by atoms with Crippen LogP contribution in [0.25, 0.3) is 6.08 Å². The number of Topliss-reactive ketones (excluding diaryl/α,β-unsaturated/α-hetero) is 1. The number of rotatable bonds is 6. The lowest BCUT2D eigenvalue weighted by atomic mass is 9.96. The van der Waals surface area contributed by atoms with Crippen molar-refractivity contribution >= 4 is 17.8 Å². The molecule has 0 amide bonds. The van der Waals surface area contributed by atoms with Crippen LogP contribution < -0.4 is 4.74 Å². The average molecular weight is 324 g/mol. The minimum Gasteiger partial charge on any atom is -0.497 e. The Morgan fingerprint density at radius 2 is 1.58 bits per heavy atom. The highest BCUT2D eigenvalue weighted by molar-refractivity contribution is 6.03. The summed E-state index contributed by atoms with van der Waals surface area (Å²) < 4.78 is 10.4. The number of carbonyl (C=O) groups excluding carboxylic acids is 2. The molecule has 0 aliphatic rings. The molecule has 0 spiro atoms. The predicted molar refractivity (Wildman–Crippen MR) is 93.0 cm³/mol. The van der Waals surface area contributed by atoms with Gasteiger partial charge in [-0.1, -0.05) is 42.5 Å². The summed E-state index contributed by atoms with van der Waals surface area (Å²) in [5, 5.41) is 0. The van der Waals surface area contributed by atoms with Gasteiger partial charge in [-0.15, -0.1) is 0 Å². The third-order valence-corrected chi connectivity index (χ3v) is 3.47. The van der Waals surface area contributed by atoms with Gasteiger partial charge < -0.3 is 9.47 Å². The average Bonchev–Trinajstić information content (AvgIpc) is 2.60. The van der Waals surface area contributed by atoms with Gasteiger partial charge >= 0.3 is 5.97 Å². The van der Waals surface area contributed by atoms with E-state index in [0.717, 1.165) is 11.3 Å². The summed E-state index contributed by atoms with van der Waals surface area (Å²) in [6.07, 6.45) is 2.94. The largest absolute Gasteiger partial charge is 0.497 e. The second-order valence-corrected chi connectivity index (χ2v) is 5.73. The van der Waals surface area contributed by atoms with Crippen molar-refractivity contribution in [2.45, 2.75) is 19.4 Å². The molecule has 0 saturated heterocycles. The van der Waals surface area contributed by atoms with Gasteiger partial charge in [0.05, 0.1) is 7.11 Å². The summed E-state index contributed by atoms with van der Waals surface area (Å²) >= 11 is 0. The lowest BCUT2D eigenvalue weighted by Crippen LogP contribution is -2.36. The van der Waals surface area contributed by atoms with Gasteiger partial charge in [-0.3, -0.25) is 4.79 Å². The molecule has 4 heteroatoms. The second kappa shape index (κ2) is 7.59. The summed E-state index contributed by atoms with van der Waals surface area (Å²) in [6.45, 7) is 3.17. The van der Waals surface area contributed by atoms with Gasteiger partial charge in [-0.2, -0.15) is 0 Å². The SMILES string of the molecule is COc1ccc(/C=C/C(=O)OC(C)(C)C(=O)c2ccccc2)cc1. The highest BCUT2D eigenvalue weighted by Crippen LogP contribution is 2.18. The second-order valence-electron chi connectivity index (χ2n) is 5.73. The Balaban J connectivity index is 2.02. The summed E-state index contributed by atoms with van der Waals surface area (Å²) in [4.78, 5) is 24.4.